The van der Waals surface area contributed by atoms with Crippen LogP contribution in [0.5, 0.6) is 0 Å². The first-order valence-corrected chi connectivity index (χ1v) is 7.69. The van der Waals surface area contributed by atoms with E-state index in [-0.39, 0.29) is 12.1 Å². The molecule has 0 radical (unpaired) electrons. The lowest BCUT2D eigenvalue weighted by Gasteiger charge is -2.01. The molecule has 0 unspecified atom stereocenters. The Kier molecular flexibility index (Phi) is 4.26. The summed E-state index contributed by atoms with van der Waals surface area (Å²) in [5.74, 6) is 1.82. The second-order valence-electron chi connectivity index (χ2n) is 4.65. The zero-order chi connectivity index (χ0) is 13.9. The predicted octanol–water partition coefficient (Wildman–Crippen LogP) is 2.41. The molecule has 1 aromatic carbocycles. The third-order valence-electron chi connectivity index (χ3n) is 3.05. The van der Waals surface area contributed by atoms with Crippen molar-refractivity contribution < 1.29 is 9.63 Å². The number of thioether (sulfide) groups is 1. The molecule has 1 saturated heterocycles. The van der Waals surface area contributed by atoms with E-state index >= 15 is 0 Å². The molecule has 7 heteroatoms. The van der Waals surface area contributed by atoms with Gasteiger partial charge in [0.15, 0.2) is 5.82 Å². The van der Waals surface area contributed by atoms with Crippen LogP contribution in [0.2, 0.25) is 5.02 Å². The van der Waals surface area contributed by atoms with Crippen LogP contribution in [0, 0.1) is 0 Å². The van der Waals surface area contributed by atoms with E-state index in [9.17, 15) is 5.11 Å². The van der Waals surface area contributed by atoms with Crippen LogP contribution in [0.15, 0.2) is 33.7 Å². The van der Waals surface area contributed by atoms with Gasteiger partial charge in [0.2, 0.25) is 5.89 Å². The number of halogens is 1. The smallest absolute Gasteiger partial charge is 0.243 e. The van der Waals surface area contributed by atoms with Crippen LogP contribution in [0.25, 0.3) is 0 Å². The summed E-state index contributed by atoms with van der Waals surface area (Å²) in [5.41, 5.74) is 0. The summed E-state index contributed by atoms with van der Waals surface area (Å²) in [5, 5.41) is 17.3. The van der Waals surface area contributed by atoms with Gasteiger partial charge in [-0.2, -0.15) is 4.98 Å². The van der Waals surface area contributed by atoms with E-state index in [1.54, 1.807) is 11.8 Å². The number of hydrogen-bond donors (Lipinski definition) is 2. The molecule has 1 aliphatic heterocycles. The van der Waals surface area contributed by atoms with Crippen molar-refractivity contribution in [3.05, 3.63) is 41.0 Å². The number of nitrogens with zero attached hydrogens (tertiary/aromatic N) is 2. The van der Waals surface area contributed by atoms with Gasteiger partial charge in [-0.25, -0.2) is 0 Å². The van der Waals surface area contributed by atoms with Crippen molar-refractivity contribution in [1.29, 1.82) is 0 Å². The van der Waals surface area contributed by atoms with Crippen molar-refractivity contribution in [3.8, 4) is 0 Å². The standard InChI is InChI=1S/C13H14ClN3O2S/c14-8-2-1-3-10(4-8)20-7-12-16-13(19-17-12)11-5-9(18)6-15-11/h1-4,9,11,15,18H,5-7H2/t9-,11-/m0/s1. The summed E-state index contributed by atoms with van der Waals surface area (Å²) in [6.07, 6.45) is 0.277. The first-order valence-electron chi connectivity index (χ1n) is 6.33. The highest BCUT2D eigenvalue weighted by Gasteiger charge is 2.27. The highest BCUT2D eigenvalue weighted by Crippen LogP contribution is 2.26. The fourth-order valence-electron chi connectivity index (χ4n) is 2.08. The molecule has 2 N–H and O–H groups in total. The van der Waals surface area contributed by atoms with Gasteiger partial charge >= 0.3 is 0 Å². The number of benzene rings is 1. The molecule has 0 spiro atoms. The van der Waals surface area contributed by atoms with E-state index in [0.717, 1.165) is 4.90 Å². The van der Waals surface area contributed by atoms with Crippen molar-refractivity contribution in [2.75, 3.05) is 6.54 Å². The summed E-state index contributed by atoms with van der Waals surface area (Å²) >= 11 is 7.54. The van der Waals surface area contributed by atoms with Gasteiger partial charge in [-0.15, -0.1) is 11.8 Å². The second kappa shape index (κ2) is 6.13. The van der Waals surface area contributed by atoms with Crippen molar-refractivity contribution >= 4 is 23.4 Å². The Bertz CT molecular complexity index is 593. The Morgan fingerprint density at radius 1 is 1.50 bits per heavy atom. The van der Waals surface area contributed by atoms with E-state index in [1.165, 1.54) is 0 Å². The number of aliphatic hydroxyl groups is 1. The Balaban J connectivity index is 1.60. The Labute approximate surface area is 125 Å². The number of β-amino-alcohol motifs (C(OH)–C–C–N with tert-alkyl or cyclic N) is 1. The van der Waals surface area contributed by atoms with Crippen LogP contribution >= 0.6 is 23.4 Å². The molecule has 20 heavy (non-hydrogen) atoms. The normalized spacial score (nSPS) is 22.3. The lowest BCUT2D eigenvalue weighted by atomic mass is 10.2. The summed E-state index contributed by atoms with van der Waals surface area (Å²) in [4.78, 5) is 5.43. The minimum absolute atomic E-state index is 0.0394. The number of rotatable bonds is 4. The predicted molar refractivity (Wildman–Crippen MR) is 76.7 cm³/mol. The molecule has 2 aromatic rings. The molecule has 1 aliphatic rings. The second-order valence-corrected chi connectivity index (χ2v) is 6.13. The van der Waals surface area contributed by atoms with Gasteiger partial charge in [-0.1, -0.05) is 22.8 Å². The van der Waals surface area contributed by atoms with Gasteiger partial charge in [0.1, 0.15) is 0 Å². The van der Waals surface area contributed by atoms with Crippen LogP contribution in [-0.2, 0) is 5.75 Å². The van der Waals surface area contributed by atoms with Gasteiger partial charge in [-0.3, -0.25) is 0 Å². The molecule has 0 aliphatic carbocycles. The van der Waals surface area contributed by atoms with Crippen LogP contribution in [0.1, 0.15) is 24.2 Å². The zero-order valence-corrected chi connectivity index (χ0v) is 12.2. The van der Waals surface area contributed by atoms with Crippen LogP contribution in [0.4, 0.5) is 0 Å². The van der Waals surface area contributed by atoms with Crippen LogP contribution < -0.4 is 5.32 Å². The average Bonchev–Trinajstić information content (AvgIpc) is 3.05. The molecule has 0 saturated carbocycles. The van der Waals surface area contributed by atoms with E-state index in [1.807, 2.05) is 24.3 Å². The third-order valence-corrected chi connectivity index (χ3v) is 4.28. The minimum atomic E-state index is -0.337. The lowest BCUT2D eigenvalue weighted by Crippen LogP contribution is -2.15. The first kappa shape index (κ1) is 13.9. The van der Waals surface area contributed by atoms with E-state index in [4.69, 9.17) is 16.1 Å². The molecule has 0 amide bonds. The van der Waals surface area contributed by atoms with Crippen molar-refractivity contribution in [3.63, 3.8) is 0 Å². The largest absolute Gasteiger partial charge is 0.392 e. The highest BCUT2D eigenvalue weighted by atomic mass is 35.5. The van der Waals surface area contributed by atoms with Crippen molar-refractivity contribution in [2.45, 2.75) is 29.2 Å². The van der Waals surface area contributed by atoms with Gasteiger partial charge in [0.25, 0.3) is 0 Å². The molecule has 1 fully saturated rings. The van der Waals surface area contributed by atoms with E-state index < -0.39 is 0 Å². The summed E-state index contributed by atoms with van der Waals surface area (Å²) < 4.78 is 5.23. The summed E-state index contributed by atoms with van der Waals surface area (Å²) in [6, 6.07) is 7.61. The van der Waals surface area contributed by atoms with Gasteiger partial charge in [0.05, 0.1) is 17.9 Å². The Morgan fingerprint density at radius 2 is 2.40 bits per heavy atom. The quantitative estimate of drug-likeness (QED) is 0.845. The number of hydrogen-bond acceptors (Lipinski definition) is 6. The maximum Gasteiger partial charge on any atom is 0.243 e. The summed E-state index contributed by atoms with van der Waals surface area (Å²) in [7, 11) is 0. The maximum absolute atomic E-state index is 9.48. The van der Waals surface area contributed by atoms with E-state index in [2.05, 4.69) is 15.5 Å². The number of aromatic nitrogens is 2. The van der Waals surface area contributed by atoms with Crippen molar-refractivity contribution in [1.82, 2.24) is 15.5 Å². The molecule has 2 heterocycles. The molecule has 5 nitrogen and oxygen atoms in total. The van der Waals surface area contributed by atoms with Gasteiger partial charge < -0.3 is 14.9 Å². The Hall–Kier alpha value is -1.08. The fourth-order valence-corrected chi connectivity index (χ4v) is 3.13. The zero-order valence-electron chi connectivity index (χ0n) is 10.6. The van der Waals surface area contributed by atoms with E-state index in [0.29, 0.717) is 35.5 Å². The molecule has 0 bridgehead atoms. The molecule has 1 aromatic heterocycles. The molecular formula is C13H14ClN3O2S. The molecule has 3 rings (SSSR count). The molecular weight excluding hydrogens is 298 g/mol. The number of nitrogens with one attached hydrogen (secondary N) is 1. The maximum atomic E-state index is 9.48. The van der Waals surface area contributed by atoms with Crippen LogP contribution in [-0.4, -0.2) is 27.9 Å². The fraction of sp³-hybridized carbons (Fsp3) is 0.385. The van der Waals surface area contributed by atoms with Gasteiger partial charge in [-0.05, 0) is 24.6 Å². The van der Waals surface area contributed by atoms with Gasteiger partial charge in [0, 0.05) is 16.5 Å². The third kappa shape index (κ3) is 3.32. The average molecular weight is 312 g/mol. The molecule has 2 atom stereocenters. The number of aliphatic hydroxyl groups excluding tert-OH is 1. The SMILES string of the molecule is O[C@@H]1CN[C@H](c2nc(CSc3cccc(Cl)c3)no2)C1. The van der Waals surface area contributed by atoms with Crippen LogP contribution in [0.3, 0.4) is 0 Å². The summed E-state index contributed by atoms with van der Waals surface area (Å²) in [6.45, 7) is 0.569. The lowest BCUT2D eigenvalue weighted by molar-refractivity contribution is 0.191. The van der Waals surface area contributed by atoms with Crippen molar-refractivity contribution in [2.24, 2.45) is 0 Å². The Morgan fingerprint density at radius 3 is 3.15 bits per heavy atom. The topological polar surface area (TPSA) is 71.2 Å². The first-order chi connectivity index (χ1) is 9.70. The monoisotopic (exact) mass is 311 g/mol. The molecule has 106 valence electrons. The minimum Gasteiger partial charge on any atom is -0.392 e. The highest BCUT2D eigenvalue weighted by molar-refractivity contribution is 7.98.